The van der Waals surface area contributed by atoms with E-state index in [9.17, 15) is 26.4 Å². The van der Waals surface area contributed by atoms with Gasteiger partial charge in [0.15, 0.2) is 6.61 Å². The van der Waals surface area contributed by atoms with Crippen molar-refractivity contribution < 1.29 is 36.0 Å². The first-order valence-corrected chi connectivity index (χ1v) is 7.01. The van der Waals surface area contributed by atoms with Crippen LogP contribution in [-0.4, -0.2) is 34.3 Å². The number of rotatable bonds is 5. The van der Waals surface area contributed by atoms with Crippen LogP contribution in [0.5, 0.6) is 0 Å². The summed E-state index contributed by atoms with van der Waals surface area (Å²) in [6, 6.07) is 3.14. The lowest BCUT2D eigenvalue weighted by molar-refractivity contribution is -0.181. The molecule has 0 saturated heterocycles. The second-order valence-corrected chi connectivity index (χ2v) is 5.65. The molecule has 0 aliphatic rings. The summed E-state index contributed by atoms with van der Waals surface area (Å²) < 4.78 is 63.6. The second kappa shape index (κ2) is 6.60. The van der Waals surface area contributed by atoms with Crippen molar-refractivity contribution in [3.63, 3.8) is 0 Å². The highest BCUT2D eigenvalue weighted by Crippen LogP contribution is 2.23. The summed E-state index contributed by atoms with van der Waals surface area (Å²) in [5.41, 5.74) is -0.141. The minimum atomic E-state index is -4.71. The summed E-state index contributed by atoms with van der Waals surface area (Å²) in [4.78, 5) is 15.8. The zero-order valence-corrected chi connectivity index (χ0v) is 12.0. The molecule has 1 N–H and O–H groups in total. The molecule has 1 aromatic carbocycles. The van der Waals surface area contributed by atoms with Crippen LogP contribution in [-0.2, 0) is 19.6 Å². The number of carbonyl (C=O) groups excluding carboxylic acids is 1. The Hall–Kier alpha value is -1.36. The van der Waals surface area contributed by atoms with Crippen LogP contribution in [0.4, 0.5) is 13.2 Å². The zero-order valence-electron chi connectivity index (χ0n) is 10.4. The fourth-order valence-electron chi connectivity index (χ4n) is 1.19. The third-order valence-electron chi connectivity index (χ3n) is 2.05. The second-order valence-electron chi connectivity index (χ2n) is 3.63. The van der Waals surface area contributed by atoms with Crippen molar-refractivity contribution in [1.29, 1.82) is 0 Å². The molecular weight excluding hydrogens is 339 g/mol. The molecule has 0 heterocycles. The Balaban J connectivity index is 2.99. The molecule has 0 saturated carbocycles. The molecule has 0 fully saturated rings. The molecule has 0 unspecified atom stereocenters. The van der Waals surface area contributed by atoms with Crippen LogP contribution in [0.15, 0.2) is 23.1 Å². The summed E-state index contributed by atoms with van der Waals surface area (Å²) >= 11 is 5.65. The van der Waals surface area contributed by atoms with Crippen LogP contribution in [0.1, 0.15) is 10.4 Å². The molecular formula is C10H9ClF3NO5S. The van der Waals surface area contributed by atoms with Crippen LogP contribution in [0.2, 0.25) is 5.02 Å². The topological polar surface area (TPSA) is 81.7 Å². The van der Waals surface area contributed by atoms with E-state index in [1.807, 2.05) is 0 Å². The van der Waals surface area contributed by atoms with Gasteiger partial charge in [0.2, 0.25) is 0 Å². The summed E-state index contributed by atoms with van der Waals surface area (Å²) in [5, 5.41) is -0.300. The number of sulfonamides is 1. The van der Waals surface area contributed by atoms with Gasteiger partial charge in [0.05, 0.1) is 17.7 Å². The number of hydrogen-bond acceptors (Lipinski definition) is 5. The van der Waals surface area contributed by atoms with Gasteiger partial charge < -0.3 is 4.74 Å². The largest absolute Gasteiger partial charge is 0.465 e. The summed E-state index contributed by atoms with van der Waals surface area (Å²) in [7, 11) is -3.41. The van der Waals surface area contributed by atoms with Crippen molar-refractivity contribution in [2.45, 2.75) is 11.1 Å². The molecule has 1 rings (SSSR count). The predicted molar refractivity (Wildman–Crippen MR) is 65.1 cm³/mol. The van der Waals surface area contributed by atoms with Gasteiger partial charge >= 0.3 is 12.1 Å². The van der Waals surface area contributed by atoms with Crippen molar-refractivity contribution in [3.8, 4) is 0 Å². The maximum atomic E-state index is 11.9. The highest BCUT2D eigenvalue weighted by molar-refractivity contribution is 7.89. The normalized spacial score (nSPS) is 12.2. The van der Waals surface area contributed by atoms with Gasteiger partial charge in [-0.3, -0.25) is 4.84 Å². The van der Waals surface area contributed by atoms with Gasteiger partial charge in [-0.1, -0.05) is 16.5 Å². The zero-order chi connectivity index (χ0) is 16.3. The average Bonchev–Trinajstić information content (AvgIpc) is 2.36. The quantitative estimate of drug-likeness (QED) is 0.650. The average molecular weight is 348 g/mol. The van der Waals surface area contributed by atoms with Crippen molar-refractivity contribution >= 4 is 27.6 Å². The van der Waals surface area contributed by atoms with Gasteiger partial charge in [-0.2, -0.15) is 13.2 Å². The van der Waals surface area contributed by atoms with Crippen LogP contribution >= 0.6 is 11.6 Å². The predicted octanol–water partition coefficient (Wildman–Crippen LogP) is 1.90. The Bertz CT molecular complexity index is 632. The smallest absolute Gasteiger partial charge is 0.413 e. The molecule has 0 aromatic heterocycles. The highest BCUT2D eigenvalue weighted by Gasteiger charge is 2.29. The number of benzene rings is 1. The molecule has 0 radical (unpaired) electrons. The summed E-state index contributed by atoms with van der Waals surface area (Å²) in [5.74, 6) is -0.834. The van der Waals surface area contributed by atoms with E-state index in [1.165, 1.54) is 11.0 Å². The van der Waals surface area contributed by atoms with E-state index in [0.29, 0.717) is 0 Å². The van der Waals surface area contributed by atoms with E-state index in [1.54, 1.807) is 0 Å². The molecule has 0 atom stereocenters. The molecule has 118 valence electrons. The van der Waals surface area contributed by atoms with Crippen LogP contribution in [0, 0.1) is 0 Å². The number of hydrogen-bond donors (Lipinski definition) is 1. The monoisotopic (exact) mass is 347 g/mol. The van der Waals surface area contributed by atoms with E-state index in [0.717, 1.165) is 19.2 Å². The molecule has 1 aromatic rings. The number of methoxy groups -OCH3 is 1. The van der Waals surface area contributed by atoms with Gasteiger partial charge in [-0.15, -0.1) is 0 Å². The van der Waals surface area contributed by atoms with Gasteiger partial charge in [0.25, 0.3) is 10.0 Å². The van der Waals surface area contributed by atoms with Gasteiger partial charge in [-0.25, -0.2) is 13.2 Å². The maximum absolute atomic E-state index is 11.9. The number of esters is 1. The van der Waals surface area contributed by atoms with E-state index in [2.05, 4.69) is 9.57 Å². The third kappa shape index (κ3) is 5.16. The van der Waals surface area contributed by atoms with E-state index in [4.69, 9.17) is 11.6 Å². The van der Waals surface area contributed by atoms with Gasteiger partial charge in [0.1, 0.15) is 4.90 Å². The first kappa shape index (κ1) is 17.7. The van der Waals surface area contributed by atoms with Gasteiger partial charge in [-0.05, 0) is 18.2 Å². The molecule has 6 nitrogen and oxygen atoms in total. The van der Waals surface area contributed by atoms with Crippen molar-refractivity contribution in [2.75, 3.05) is 13.7 Å². The van der Waals surface area contributed by atoms with Gasteiger partial charge in [0, 0.05) is 0 Å². The first-order valence-electron chi connectivity index (χ1n) is 5.15. The standard InChI is InChI=1S/C10H9ClF3NO5S/c1-19-9(16)6-2-3-7(11)8(4-6)21(17,18)15-20-5-10(12,13)14/h2-4,15H,5H2,1H3. The SMILES string of the molecule is COC(=O)c1ccc(Cl)c(S(=O)(=O)NOCC(F)(F)F)c1. The number of carbonyl (C=O) groups is 1. The van der Waals surface area contributed by atoms with E-state index < -0.39 is 33.7 Å². The minimum Gasteiger partial charge on any atom is -0.465 e. The first-order chi connectivity index (χ1) is 9.57. The summed E-state index contributed by atoms with van der Waals surface area (Å²) in [6.07, 6.45) is -4.71. The number of nitrogens with one attached hydrogen (secondary N) is 1. The molecule has 0 aliphatic carbocycles. The Kier molecular flexibility index (Phi) is 5.56. The molecule has 0 aliphatic heterocycles. The fraction of sp³-hybridized carbons (Fsp3) is 0.300. The Morgan fingerprint density at radius 2 is 2.00 bits per heavy atom. The number of ether oxygens (including phenoxy) is 1. The maximum Gasteiger partial charge on any atom is 0.413 e. The molecule has 0 bridgehead atoms. The lowest BCUT2D eigenvalue weighted by Gasteiger charge is -2.11. The molecule has 11 heteroatoms. The highest BCUT2D eigenvalue weighted by atomic mass is 35.5. The molecule has 0 spiro atoms. The molecule has 0 amide bonds. The number of halogens is 4. The Morgan fingerprint density at radius 3 is 2.52 bits per heavy atom. The van der Waals surface area contributed by atoms with Crippen molar-refractivity contribution in [1.82, 2.24) is 4.89 Å². The van der Waals surface area contributed by atoms with E-state index >= 15 is 0 Å². The van der Waals surface area contributed by atoms with E-state index in [-0.39, 0.29) is 10.6 Å². The summed E-state index contributed by atoms with van der Waals surface area (Å²) in [6.45, 7) is -1.82. The lowest BCUT2D eigenvalue weighted by atomic mass is 10.2. The van der Waals surface area contributed by atoms with Crippen molar-refractivity contribution in [2.24, 2.45) is 0 Å². The Labute approximate surface area is 122 Å². The van der Waals surface area contributed by atoms with Crippen molar-refractivity contribution in [3.05, 3.63) is 28.8 Å². The van der Waals surface area contributed by atoms with Crippen LogP contribution in [0.3, 0.4) is 0 Å². The molecule has 21 heavy (non-hydrogen) atoms. The Morgan fingerprint density at radius 1 is 1.38 bits per heavy atom. The number of alkyl halides is 3. The van der Waals surface area contributed by atoms with Crippen LogP contribution in [0.25, 0.3) is 0 Å². The lowest BCUT2D eigenvalue weighted by Crippen LogP contribution is -2.30. The van der Waals surface area contributed by atoms with Crippen LogP contribution < -0.4 is 4.89 Å². The fourth-order valence-corrected chi connectivity index (χ4v) is 2.52. The minimum absolute atomic E-state index is 0.141. The third-order valence-corrected chi connectivity index (χ3v) is 3.74.